The van der Waals surface area contributed by atoms with Gasteiger partial charge in [-0.05, 0) is 42.3 Å². The van der Waals surface area contributed by atoms with E-state index in [0.29, 0.717) is 16.0 Å². The molecule has 0 spiro atoms. The Morgan fingerprint density at radius 1 is 1.07 bits per heavy atom. The molecule has 44 heavy (non-hydrogen) atoms. The van der Waals surface area contributed by atoms with E-state index >= 15 is 0 Å². The first-order valence-corrected chi connectivity index (χ1v) is 14.9. The van der Waals surface area contributed by atoms with Crippen LogP contribution in [0.3, 0.4) is 0 Å². The van der Waals surface area contributed by atoms with Crippen LogP contribution in [0.5, 0.6) is 0 Å². The van der Waals surface area contributed by atoms with Crippen LogP contribution < -0.4 is 21.9 Å². The number of hydrogen-bond acceptors (Lipinski definition) is 9. The van der Waals surface area contributed by atoms with Crippen LogP contribution >= 0.6 is 23.4 Å². The Kier molecular flexibility index (Phi) is 9.58. The van der Waals surface area contributed by atoms with E-state index in [2.05, 4.69) is 20.2 Å². The predicted molar refractivity (Wildman–Crippen MR) is 171 cm³/mol. The zero-order valence-electron chi connectivity index (χ0n) is 23.9. The van der Waals surface area contributed by atoms with Gasteiger partial charge in [-0.3, -0.25) is 28.7 Å². The Labute approximate surface area is 261 Å². The second-order valence-electron chi connectivity index (χ2n) is 9.65. The number of carbonyl (C=O) groups excluding carboxylic acids is 1. The first-order valence-electron chi connectivity index (χ1n) is 13.5. The highest BCUT2D eigenvalue weighted by Gasteiger charge is 2.26. The summed E-state index contributed by atoms with van der Waals surface area (Å²) in [5.41, 5.74) is 7.94. The van der Waals surface area contributed by atoms with Crippen LogP contribution in [0, 0.1) is 6.92 Å². The van der Waals surface area contributed by atoms with E-state index in [1.165, 1.54) is 16.6 Å². The summed E-state index contributed by atoms with van der Waals surface area (Å²) in [4.78, 5) is 47.2. The van der Waals surface area contributed by atoms with Gasteiger partial charge >= 0.3 is 5.69 Å². The lowest BCUT2D eigenvalue weighted by Gasteiger charge is -2.24. The largest absolute Gasteiger partial charge is 0.383 e. The van der Waals surface area contributed by atoms with Gasteiger partial charge in [0.15, 0.2) is 16.7 Å². The molecule has 3 aromatic heterocycles. The molecule has 14 heteroatoms. The predicted octanol–water partition coefficient (Wildman–Crippen LogP) is 3.54. The summed E-state index contributed by atoms with van der Waals surface area (Å²) in [5, 5.41) is 9.80. The number of aromatic amines is 1. The highest BCUT2D eigenvalue weighted by atomic mass is 35.5. The minimum absolute atomic E-state index is 0.0229. The van der Waals surface area contributed by atoms with Gasteiger partial charge in [0.05, 0.1) is 24.6 Å². The number of halogens is 1. The van der Waals surface area contributed by atoms with Crippen molar-refractivity contribution in [2.45, 2.75) is 18.6 Å². The number of thioether (sulfide) groups is 1. The lowest BCUT2D eigenvalue weighted by Crippen LogP contribution is -2.43. The molecule has 12 nitrogen and oxygen atoms in total. The summed E-state index contributed by atoms with van der Waals surface area (Å²) in [7, 11) is 1.48. The van der Waals surface area contributed by atoms with Gasteiger partial charge in [-0.15, -0.1) is 10.2 Å². The first kappa shape index (κ1) is 30.7. The smallest absolute Gasteiger partial charge is 0.330 e. The SMILES string of the molecule is COCCN(C(=O)CSc1nnc(-c2ccncc2)n1-c1cccc(Cl)c1C)c1c(N)n(Cc2ccccc2)c(=O)[nH]c1=O. The second-order valence-corrected chi connectivity index (χ2v) is 11.0. The lowest BCUT2D eigenvalue weighted by molar-refractivity contribution is -0.116. The van der Waals surface area contributed by atoms with Crippen LogP contribution in [0.15, 0.2) is 87.8 Å². The molecule has 0 atom stereocenters. The number of benzene rings is 2. The summed E-state index contributed by atoms with van der Waals surface area (Å²) in [6.45, 7) is 2.14. The Balaban J connectivity index is 1.50. The number of H-pyrrole nitrogens is 1. The number of pyridine rings is 1. The van der Waals surface area contributed by atoms with Crippen LogP contribution in [-0.4, -0.2) is 61.2 Å². The van der Waals surface area contributed by atoms with Gasteiger partial charge in [-0.1, -0.05) is 59.8 Å². The number of anilines is 2. The van der Waals surface area contributed by atoms with Gasteiger partial charge in [0.1, 0.15) is 5.82 Å². The number of methoxy groups -OCH3 is 1. The molecule has 0 unspecified atom stereocenters. The maximum Gasteiger partial charge on any atom is 0.330 e. The first-order chi connectivity index (χ1) is 21.3. The Morgan fingerprint density at radius 3 is 2.55 bits per heavy atom. The molecule has 5 aromatic rings. The summed E-state index contributed by atoms with van der Waals surface area (Å²) in [6.07, 6.45) is 3.31. The molecule has 3 heterocycles. The van der Waals surface area contributed by atoms with Gasteiger partial charge in [-0.2, -0.15) is 0 Å². The zero-order valence-corrected chi connectivity index (χ0v) is 25.5. The normalized spacial score (nSPS) is 11.1. The average Bonchev–Trinajstić information content (AvgIpc) is 3.45. The van der Waals surface area contributed by atoms with Crippen molar-refractivity contribution < 1.29 is 9.53 Å². The van der Waals surface area contributed by atoms with E-state index in [0.717, 1.165) is 34.1 Å². The molecule has 0 bridgehead atoms. The van der Waals surface area contributed by atoms with E-state index in [4.69, 9.17) is 22.1 Å². The van der Waals surface area contributed by atoms with Crippen molar-refractivity contribution in [2.24, 2.45) is 0 Å². The molecule has 5 rings (SSSR count). The summed E-state index contributed by atoms with van der Waals surface area (Å²) in [5.74, 6) is -0.168. The van der Waals surface area contributed by atoms with Crippen LogP contribution in [0.1, 0.15) is 11.1 Å². The average molecular weight is 633 g/mol. The van der Waals surface area contributed by atoms with Crippen LogP contribution in [-0.2, 0) is 16.1 Å². The van der Waals surface area contributed by atoms with Crippen LogP contribution in [0.2, 0.25) is 5.02 Å². The quantitative estimate of drug-likeness (QED) is 0.208. The minimum Gasteiger partial charge on any atom is -0.383 e. The third-order valence-electron chi connectivity index (χ3n) is 6.86. The molecule has 2 aromatic carbocycles. The number of ether oxygens (including phenoxy) is 1. The number of nitrogens with two attached hydrogens (primary N) is 1. The van der Waals surface area contributed by atoms with E-state index < -0.39 is 17.2 Å². The third-order valence-corrected chi connectivity index (χ3v) is 8.19. The number of hydrogen-bond donors (Lipinski definition) is 2. The fraction of sp³-hybridized carbons (Fsp3) is 0.200. The van der Waals surface area contributed by atoms with Gasteiger partial charge < -0.3 is 15.4 Å². The maximum absolute atomic E-state index is 13.8. The van der Waals surface area contributed by atoms with E-state index in [9.17, 15) is 14.4 Å². The molecule has 0 saturated heterocycles. The van der Waals surface area contributed by atoms with Crippen molar-refractivity contribution in [2.75, 3.05) is 36.6 Å². The van der Waals surface area contributed by atoms with E-state index in [1.54, 1.807) is 18.5 Å². The number of nitrogens with zero attached hydrogens (tertiary/aromatic N) is 6. The fourth-order valence-corrected chi connectivity index (χ4v) is 5.61. The van der Waals surface area contributed by atoms with Crippen molar-refractivity contribution in [1.29, 1.82) is 0 Å². The van der Waals surface area contributed by atoms with Gasteiger partial charge in [0.25, 0.3) is 5.56 Å². The number of nitrogens with one attached hydrogen (secondary N) is 1. The molecule has 1 amide bonds. The molecule has 226 valence electrons. The van der Waals surface area contributed by atoms with Gasteiger partial charge in [0, 0.05) is 36.6 Å². The topological polar surface area (TPSA) is 154 Å². The van der Waals surface area contributed by atoms with E-state index in [1.807, 2.05) is 66.1 Å². The molecule has 0 saturated carbocycles. The summed E-state index contributed by atoms with van der Waals surface area (Å²) in [6, 6.07) is 18.3. The van der Waals surface area contributed by atoms with Gasteiger partial charge in [-0.25, -0.2) is 4.79 Å². The summed E-state index contributed by atoms with van der Waals surface area (Å²) >= 11 is 7.59. The lowest BCUT2D eigenvalue weighted by atomic mass is 10.2. The number of nitrogen functional groups attached to an aromatic ring is 1. The van der Waals surface area contributed by atoms with Crippen molar-refractivity contribution in [3.63, 3.8) is 0 Å². The van der Waals surface area contributed by atoms with Crippen molar-refractivity contribution in [3.8, 4) is 17.1 Å². The maximum atomic E-state index is 13.8. The summed E-state index contributed by atoms with van der Waals surface area (Å²) < 4.78 is 8.28. The monoisotopic (exact) mass is 632 g/mol. The van der Waals surface area contributed by atoms with Crippen molar-refractivity contribution in [3.05, 3.63) is 110 Å². The number of rotatable bonds is 11. The molecule has 3 N–H and O–H groups in total. The molecule has 0 aliphatic rings. The van der Waals surface area contributed by atoms with Crippen LogP contribution in [0.4, 0.5) is 11.5 Å². The van der Waals surface area contributed by atoms with Gasteiger partial charge in [0.2, 0.25) is 5.91 Å². The molecule has 0 aliphatic heterocycles. The zero-order chi connectivity index (χ0) is 31.2. The number of amides is 1. The van der Waals surface area contributed by atoms with E-state index in [-0.39, 0.29) is 37.0 Å². The molecular formula is C30H29ClN8O4S. The van der Waals surface area contributed by atoms with Crippen molar-refractivity contribution in [1.82, 2.24) is 29.3 Å². The molecule has 0 radical (unpaired) electrons. The standard InChI is InChI=1S/C30H29ClN8O4S/c1-19-22(31)9-6-10-23(19)39-27(21-11-13-33-14-12-21)35-36-30(39)44-18-24(40)37(15-16-43-2)25-26(32)38(29(42)34-28(25)41)17-20-7-4-3-5-8-20/h3-14H,15-18,32H2,1-2H3,(H,34,41,42). The highest BCUT2D eigenvalue weighted by molar-refractivity contribution is 7.99. The Bertz CT molecular complexity index is 1890. The highest BCUT2D eigenvalue weighted by Crippen LogP contribution is 2.32. The molecule has 0 aliphatic carbocycles. The molecular weight excluding hydrogens is 604 g/mol. The Hall–Kier alpha value is -4.72. The fourth-order valence-electron chi connectivity index (χ4n) is 4.62. The van der Waals surface area contributed by atoms with Crippen LogP contribution in [0.25, 0.3) is 17.1 Å². The molecule has 0 fully saturated rings. The number of carbonyl (C=O) groups is 1. The Morgan fingerprint density at radius 2 is 1.82 bits per heavy atom. The van der Waals surface area contributed by atoms with Crippen molar-refractivity contribution >= 4 is 40.8 Å². The third kappa shape index (κ3) is 6.44. The number of aromatic nitrogens is 6. The second kappa shape index (κ2) is 13.7. The minimum atomic E-state index is -0.774.